The van der Waals surface area contributed by atoms with E-state index in [1.54, 1.807) is 12.5 Å². The van der Waals surface area contributed by atoms with Crippen molar-refractivity contribution >= 4 is 32.6 Å². The molecule has 2 aromatic heterocycles. The summed E-state index contributed by atoms with van der Waals surface area (Å²) in [5.74, 6) is 0. The van der Waals surface area contributed by atoms with E-state index in [0.29, 0.717) is 0 Å². The molecule has 3 aromatic rings. The Bertz CT molecular complexity index is 616. The van der Waals surface area contributed by atoms with Crippen molar-refractivity contribution in [3.63, 3.8) is 0 Å². The van der Waals surface area contributed by atoms with Gasteiger partial charge in [-0.3, -0.25) is 9.38 Å². The Morgan fingerprint density at radius 2 is 2.21 bits per heavy atom. The normalized spacial score (nSPS) is 11.2. The van der Waals surface area contributed by atoms with Gasteiger partial charge in [-0.1, -0.05) is 15.9 Å². The van der Waals surface area contributed by atoms with E-state index < -0.39 is 0 Å². The molecule has 5 heteroatoms. The topological polar surface area (TPSA) is 43.1 Å². The van der Waals surface area contributed by atoms with Crippen molar-refractivity contribution in [2.45, 2.75) is 0 Å². The molecule has 14 heavy (non-hydrogen) atoms. The van der Waals surface area contributed by atoms with Crippen LogP contribution < -0.4 is 0 Å². The van der Waals surface area contributed by atoms with Crippen molar-refractivity contribution in [1.29, 1.82) is 0 Å². The van der Waals surface area contributed by atoms with Gasteiger partial charge in [-0.05, 0) is 18.2 Å². The van der Waals surface area contributed by atoms with E-state index in [0.717, 1.165) is 21.2 Å². The molecular formula is C9H5BrN4. The molecule has 0 fully saturated rings. The molecule has 0 saturated carbocycles. The molecule has 0 aliphatic rings. The SMILES string of the molecule is Brc1ccc2ncc3nncn3c2c1. The van der Waals surface area contributed by atoms with Gasteiger partial charge in [0.25, 0.3) is 0 Å². The summed E-state index contributed by atoms with van der Waals surface area (Å²) in [6, 6.07) is 5.92. The fourth-order valence-electron chi connectivity index (χ4n) is 1.44. The quantitative estimate of drug-likeness (QED) is 0.612. The monoisotopic (exact) mass is 248 g/mol. The van der Waals surface area contributed by atoms with Gasteiger partial charge in [0.1, 0.15) is 6.33 Å². The molecule has 0 saturated heterocycles. The fourth-order valence-corrected chi connectivity index (χ4v) is 1.79. The smallest absolute Gasteiger partial charge is 0.179 e. The Balaban J connectivity index is 2.60. The molecule has 0 unspecified atom stereocenters. The first kappa shape index (κ1) is 7.87. The maximum atomic E-state index is 4.28. The molecule has 4 nitrogen and oxygen atoms in total. The van der Waals surface area contributed by atoms with Crippen LogP contribution in [0.5, 0.6) is 0 Å². The summed E-state index contributed by atoms with van der Waals surface area (Å²) in [6.07, 6.45) is 3.40. The summed E-state index contributed by atoms with van der Waals surface area (Å²) in [5, 5.41) is 7.77. The Labute approximate surface area is 87.7 Å². The number of benzene rings is 1. The lowest BCUT2D eigenvalue weighted by molar-refractivity contribution is 1.11. The molecule has 0 aliphatic carbocycles. The fraction of sp³-hybridized carbons (Fsp3) is 0. The molecule has 0 amide bonds. The van der Waals surface area contributed by atoms with Gasteiger partial charge in [0.15, 0.2) is 5.65 Å². The molecule has 2 heterocycles. The number of nitrogens with zero attached hydrogens (tertiary/aromatic N) is 4. The number of rotatable bonds is 0. The van der Waals surface area contributed by atoms with Crippen molar-refractivity contribution < 1.29 is 0 Å². The molecule has 0 atom stereocenters. The van der Waals surface area contributed by atoms with Gasteiger partial charge in [-0.15, -0.1) is 10.2 Å². The van der Waals surface area contributed by atoms with Crippen LogP contribution in [0.15, 0.2) is 35.2 Å². The predicted octanol–water partition coefficient (Wildman–Crippen LogP) is 2.04. The van der Waals surface area contributed by atoms with Crippen molar-refractivity contribution in [3.05, 3.63) is 35.2 Å². The molecule has 3 rings (SSSR count). The van der Waals surface area contributed by atoms with Gasteiger partial charge >= 0.3 is 0 Å². The van der Waals surface area contributed by atoms with Crippen LogP contribution in [-0.4, -0.2) is 19.6 Å². The highest BCUT2D eigenvalue weighted by Crippen LogP contribution is 2.18. The lowest BCUT2D eigenvalue weighted by Gasteiger charge is -1.99. The third-order valence-corrected chi connectivity index (χ3v) is 2.58. The van der Waals surface area contributed by atoms with Crippen LogP contribution in [0.1, 0.15) is 0 Å². The summed E-state index contributed by atoms with van der Waals surface area (Å²) in [6.45, 7) is 0. The van der Waals surface area contributed by atoms with E-state index in [1.165, 1.54) is 0 Å². The maximum absolute atomic E-state index is 4.28. The van der Waals surface area contributed by atoms with Gasteiger partial charge in [-0.2, -0.15) is 0 Å². The second kappa shape index (κ2) is 2.75. The zero-order valence-electron chi connectivity index (χ0n) is 7.05. The minimum atomic E-state index is 0.760. The van der Waals surface area contributed by atoms with E-state index in [9.17, 15) is 0 Å². The number of halogens is 1. The second-order valence-electron chi connectivity index (χ2n) is 2.95. The molecule has 0 bridgehead atoms. The van der Waals surface area contributed by atoms with Crippen molar-refractivity contribution in [2.24, 2.45) is 0 Å². The average molecular weight is 249 g/mol. The molecule has 0 spiro atoms. The first-order valence-corrected chi connectivity index (χ1v) is 4.88. The van der Waals surface area contributed by atoms with Crippen LogP contribution in [0.2, 0.25) is 0 Å². The molecular weight excluding hydrogens is 244 g/mol. The van der Waals surface area contributed by atoms with Gasteiger partial charge < -0.3 is 0 Å². The van der Waals surface area contributed by atoms with E-state index in [1.807, 2.05) is 22.6 Å². The zero-order valence-corrected chi connectivity index (χ0v) is 8.64. The first-order valence-electron chi connectivity index (χ1n) is 4.08. The minimum Gasteiger partial charge on any atom is -0.279 e. The third kappa shape index (κ3) is 1.02. The van der Waals surface area contributed by atoms with Gasteiger partial charge in [-0.25, -0.2) is 0 Å². The Morgan fingerprint density at radius 1 is 1.29 bits per heavy atom. The number of hydrogen-bond acceptors (Lipinski definition) is 3. The largest absolute Gasteiger partial charge is 0.279 e. The highest BCUT2D eigenvalue weighted by atomic mass is 79.9. The number of aromatic nitrogens is 4. The predicted molar refractivity (Wildman–Crippen MR) is 56.0 cm³/mol. The van der Waals surface area contributed by atoms with Crippen LogP contribution >= 0.6 is 15.9 Å². The molecule has 0 aliphatic heterocycles. The standard InChI is InChI=1S/C9H5BrN4/c10-6-1-2-7-8(3-6)14-5-12-13-9(14)4-11-7/h1-5H. The van der Waals surface area contributed by atoms with Crippen LogP contribution in [-0.2, 0) is 0 Å². The van der Waals surface area contributed by atoms with Crippen molar-refractivity contribution in [3.8, 4) is 0 Å². The average Bonchev–Trinajstić information content (AvgIpc) is 2.65. The summed E-state index contributed by atoms with van der Waals surface area (Å²) < 4.78 is 2.93. The van der Waals surface area contributed by atoms with Crippen molar-refractivity contribution in [1.82, 2.24) is 19.6 Å². The lowest BCUT2D eigenvalue weighted by atomic mass is 10.3. The van der Waals surface area contributed by atoms with Gasteiger partial charge in [0.05, 0.1) is 17.2 Å². The van der Waals surface area contributed by atoms with Crippen LogP contribution in [0.3, 0.4) is 0 Å². The summed E-state index contributed by atoms with van der Waals surface area (Å²) in [5.41, 5.74) is 2.69. The van der Waals surface area contributed by atoms with E-state index in [4.69, 9.17) is 0 Å². The molecule has 68 valence electrons. The summed E-state index contributed by atoms with van der Waals surface area (Å²) in [7, 11) is 0. The first-order chi connectivity index (χ1) is 6.84. The second-order valence-corrected chi connectivity index (χ2v) is 3.87. The lowest BCUT2D eigenvalue weighted by Crippen LogP contribution is -1.89. The Morgan fingerprint density at radius 3 is 3.14 bits per heavy atom. The number of fused-ring (bicyclic) bond motifs is 3. The summed E-state index contributed by atoms with van der Waals surface area (Å²) in [4.78, 5) is 4.28. The van der Waals surface area contributed by atoms with Crippen LogP contribution in [0.25, 0.3) is 16.7 Å². The highest BCUT2D eigenvalue weighted by molar-refractivity contribution is 9.10. The van der Waals surface area contributed by atoms with Crippen LogP contribution in [0, 0.1) is 0 Å². The Hall–Kier alpha value is -1.49. The van der Waals surface area contributed by atoms with Gasteiger partial charge in [0, 0.05) is 4.47 Å². The molecule has 0 N–H and O–H groups in total. The van der Waals surface area contributed by atoms with Gasteiger partial charge in [0.2, 0.25) is 0 Å². The number of hydrogen-bond donors (Lipinski definition) is 0. The van der Waals surface area contributed by atoms with E-state index in [2.05, 4.69) is 31.1 Å². The van der Waals surface area contributed by atoms with E-state index in [-0.39, 0.29) is 0 Å². The summed E-state index contributed by atoms with van der Waals surface area (Å²) >= 11 is 3.42. The van der Waals surface area contributed by atoms with Crippen LogP contribution in [0.4, 0.5) is 0 Å². The zero-order chi connectivity index (χ0) is 9.54. The molecule has 0 radical (unpaired) electrons. The Kier molecular flexibility index (Phi) is 1.55. The molecule has 1 aromatic carbocycles. The maximum Gasteiger partial charge on any atom is 0.179 e. The minimum absolute atomic E-state index is 0.760. The third-order valence-electron chi connectivity index (χ3n) is 2.09. The van der Waals surface area contributed by atoms with Crippen molar-refractivity contribution in [2.75, 3.05) is 0 Å². The highest BCUT2D eigenvalue weighted by Gasteiger charge is 2.02. The van der Waals surface area contributed by atoms with E-state index >= 15 is 0 Å².